The van der Waals surface area contributed by atoms with E-state index in [0.29, 0.717) is 12.8 Å². The highest BCUT2D eigenvalue weighted by atomic mass is 35.5. The average molecular weight is 537 g/mol. The number of rotatable bonds is 7. The fourth-order valence-electron chi connectivity index (χ4n) is 3.99. The first-order valence-corrected chi connectivity index (χ1v) is 11.9. The Bertz CT molecular complexity index is 1150. The van der Waals surface area contributed by atoms with Crippen molar-refractivity contribution in [3.63, 3.8) is 0 Å². The molecule has 1 aromatic rings. The highest BCUT2D eigenvalue weighted by Crippen LogP contribution is 2.48. The van der Waals surface area contributed by atoms with E-state index in [-0.39, 0.29) is 35.2 Å². The number of nitrogens with zero attached hydrogens (tertiary/aromatic N) is 3. The standard InChI is InChI=1S/C20H20ClF3N4O6S/c1-7(28-13(9-3-4-9)11(21)15(26-28)20(22,23)24)16(30)25-12-17(31)27-14(19(32)33)10(5-34-8(2)29)6-35-18(12)27/h7,9,12,18H,3-6H2,1-2H3,(H,25,30)(H,32,33). The van der Waals surface area contributed by atoms with Gasteiger partial charge in [-0.3, -0.25) is 24.0 Å². The highest BCUT2D eigenvalue weighted by Gasteiger charge is 2.54. The van der Waals surface area contributed by atoms with Gasteiger partial charge in [-0.1, -0.05) is 11.6 Å². The Labute approximate surface area is 205 Å². The third-order valence-electron chi connectivity index (χ3n) is 5.86. The van der Waals surface area contributed by atoms with Gasteiger partial charge in [-0.25, -0.2) is 4.79 Å². The number of alkyl halides is 3. The van der Waals surface area contributed by atoms with E-state index in [1.54, 1.807) is 0 Å². The molecule has 1 aliphatic carbocycles. The van der Waals surface area contributed by atoms with E-state index >= 15 is 0 Å². The average Bonchev–Trinajstić information content (AvgIpc) is 3.54. The van der Waals surface area contributed by atoms with Gasteiger partial charge in [0.05, 0.1) is 10.7 Å². The van der Waals surface area contributed by atoms with E-state index in [0.717, 1.165) is 9.58 Å². The maximum Gasteiger partial charge on any atom is 0.436 e. The molecule has 190 valence electrons. The quantitative estimate of drug-likeness (QED) is 0.401. The van der Waals surface area contributed by atoms with Gasteiger partial charge in [0.25, 0.3) is 5.91 Å². The first-order valence-electron chi connectivity index (χ1n) is 10.5. The molecule has 10 nitrogen and oxygen atoms in total. The summed E-state index contributed by atoms with van der Waals surface area (Å²) in [6.07, 6.45) is -3.56. The second-order valence-corrected chi connectivity index (χ2v) is 9.86. The number of carboxylic acids is 1. The van der Waals surface area contributed by atoms with Crippen molar-refractivity contribution in [2.75, 3.05) is 12.4 Å². The van der Waals surface area contributed by atoms with Crippen LogP contribution in [0, 0.1) is 0 Å². The predicted molar refractivity (Wildman–Crippen MR) is 115 cm³/mol. The lowest BCUT2D eigenvalue weighted by Gasteiger charge is -2.49. The van der Waals surface area contributed by atoms with Crippen molar-refractivity contribution in [1.29, 1.82) is 0 Å². The smallest absolute Gasteiger partial charge is 0.436 e. The van der Waals surface area contributed by atoms with Crippen LogP contribution in [0.25, 0.3) is 0 Å². The number of aliphatic carboxylic acids is 1. The number of thioether (sulfide) groups is 1. The Morgan fingerprint density at radius 1 is 1.34 bits per heavy atom. The number of β-lactam (4-membered cyclic amide) rings is 1. The van der Waals surface area contributed by atoms with Crippen LogP contribution in [0.3, 0.4) is 0 Å². The molecule has 2 fully saturated rings. The number of aromatic nitrogens is 2. The molecule has 1 saturated carbocycles. The molecule has 3 aliphatic rings. The van der Waals surface area contributed by atoms with Gasteiger partial charge >= 0.3 is 18.1 Å². The van der Waals surface area contributed by atoms with E-state index in [1.165, 1.54) is 25.6 Å². The van der Waals surface area contributed by atoms with Gasteiger partial charge in [0.2, 0.25) is 5.91 Å². The van der Waals surface area contributed by atoms with Crippen molar-refractivity contribution >= 4 is 47.1 Å². The largest absolute Gasteiger partial charge is 0.477 e. The number of nitrogens with one attached hydrogen (secondary N) is 1. The van der Waals surface area contributed by atoms with Crippen molar-refractivity contribution < 1.29 is 42.2 Å². The summed E-state index contributed by atoms with van der Waals surface area (Å²) in [5, 5.41) is 14.4. The second-order valence-electron chi connectivity index (χ2n) is 8.37. The van der Waals surface area contributed by atoms with E-state index in [9.17, 15) is 37.5 Å². The van der Waals surface area contributed by atoms with Crippen molar-refractivity contribution in [3.05, 3.63) is 27.7 Å². The molecule has 3 unspecified atom stereocenters. The van der Waals surface area contributed by atoms with E-state index in [1.807, 2.05) is 0 Å². The molecule has 4 rings (SSSR count). The number of ether oxygens (including phenoxy) is 1. The van der Waals surface area contributed by atoms with Crippen molar-refractivity contribution in [1.82, 2.24) is 20.0 Å². The number of hydrogen-bond acceptors (Lipinski definition) is 7. The van der Waals surface area contributed by atoms with Crippen molar-refractivity contribution in [2.24, 2.45) is 0 Å². The fraction of sp³-hybridized carbons (Fsp3) is 0.550. The molecular formula is C20H20ClF3N4O6S. The number of carboxylic acid groups (broad SMARTS) is 1. The van der Waals surface area contributed by atoms with E-state index in [4.69, 9.17) is 16.3 Å². The molecular weight excluding hydrogens is 517 g/mol. The summed E-state index contributed by atoms with van der Waals surface area (Å²) < 4.78 is 45.8. The molecule has 2 N–H and O–H groups in total. The minimum absolute atomic E-state index is 0.126. The number of carbonyl (C=O) groups is 4. The Hall–Kier alpha value is -2.74. The normalized spacial score (nSPS) is 22.9. The van der Waals surface area contributed by atoms with E-state index in [2.05, 4.69) is 10.4 Å². The Morgan fingerprint density at radius 2 is 2.00 bits per heavy atom. The van der Waals surface area contributed by atoms with Crippen LogP contribution in [-0.4, -0.2) is 67.3 Å². The van der Waals surface area contributed by atoms with Crippen LogP contribution in [0.15, 0.2) is 11.3 Å². The Balaban J connectivity index is 1.52. The number of hydrogen-bond donors (Lipinski definition) is 2. The summed E-state index contributed by atoms with van der Waals surface area (Å²) in [6.45, 7) is 2.22. The maximum absolute atomic E-state index is 13.3. The number of halogens is 4. The zero-order chi connectivity index (χ0) is 25.8. The van der Waals surface area contributed by atoms with Gasteiger partial charge in [0.15, 0.2) is 5.69 Å². The third-order valence-corrected chi connectivity index (χ3v) is 7.58. The summed E-state index contributed by atoms with van der Waals surface area (Å²) in [5.74, 6) is -3.55. The lowest BCUT2D eigenvalue weighted by Crippen LogP contribution is -2.71. The van der Waals surface area contributed by atoms with Gasteiger partial charge in [-0.2, -0.15) is 18.3 Å². The zero-order valence-electron chi connectivity index (χ0n) is 18.4. The molecule has 35 heavy (non-hydrogen) atoms. The summed E-state index contributed by atoms with van der Waals surface area (Å²) in [4.78, 5) is 49.6. The number of esters is 1. The van der Waals surface area contributed by atoms with Crippen LogP contribution < -0.4 is 5.32 Å². The first kappa shape index (κ1) is 25.4. The van der Waals surface area contributed by atoms with Crippen LogP contribution in [0.1, 0.15) is 50.0 Å². The zero-order valence-corrected chi connectivity index (χ0v) is 20.0. The first-order chi connectivity index (χ1) is 16.3. The van der Waals surface area contributed by atoms with Crippen LogP contribution >= 0.6 is 23.4 Å². The van der Waals surface area contributed by atoms with E-state index < -0.39 is 58.1 Å². The van der Waals surface area contributed by atoms with Gasteiger partial charge < -0.3 is 15.2 Å². The van der Waals surface area contributed by atoms with Gasteiger partial charge in [0, 0.05) is 24.2 Å². The molecule has 0 bridgehead atoms. The number of fused-ring (bicyclic) bond motifs is 1. The molecule has 15 heteroatoms. The molecule has 0 aromatic carbocycles. The minimum atomic E-state index is -4.80. The Kier molecular flexibility index (Phi) is 6.55. The third kappa shape index (κ3) is 4.60. The van der Waals surface area contributed by atoms with Gasteiger partial charge in [-0.15, -0.1) is 11.8 Å². The topological polar surface area (TPSA) is 131 Å². The second kappa shape index (κ2) is 9.04. The SMILES string of the molecule is CC(=O)OCC1=C(C(=O)O)N2C(=O)C(NC(=O)C(C)n3nc(C(F)(F)F)c(Cl)c3C3CC3)C2SC1. The summed E-state index contributed by atoms with van der Waals surface area (Å²) >= 11 is 7.14. The van der Waals surface area contributed by atoms with Gasteiger partial charge in [-0.05, 0) is 19.8 Å². The molecule has 3 heterocycles. The molecule has 1 saturated heterocycles. The summed E-state index contributed by atoms with van der Waals surface area (Å²) in [7, 11) is 0. The lowest BCUT2D eigenvalue weighted by atomic mass is 10.0. The lowest BCUT2D eigenvalue weighted by molar-refractivity contribution is -0.151. The molecule has 0 spiro atoms. The van der Waals surface area contributed by atoms with Crippen LogP contribution in [0.2, 0.25) is 5.02 Å². The summed E-state index contributed by atoms with van der Waals surface area (Å²) in [5.41, 5.74) is -1.23. The van der Waals surface area contributed by atoms with Gasteiger partial charge in [0.1, 0.15) is 29.8 Å². The van der Waals surface area contributed by atoms with Crippen LogP contribution in [-0.2, 0) is 30.1 Å². The highest BCUT2D eigenvalue weighted by molar-refractivity contribution is 8.00. The van der Waals surface area contributed by atoms with Crippen LogP contribution in [0.4, 0.5) is 13.2 Å². The monoisotopic (exact) mass is 536 g/mol. The number of carbonyl (C=O) groups excluding carboxylic acids is 3. The Morgan fingerprint density at radius 3 is 2.54 bits per heavy atom. The summed E-state index contributed by atoms with van der Waals surface area (Å²) in [6, 6.07) is -2.29. The van der Waals surface area contributed by atoms with Crippen molar-refractivity contribution in [2.45, 2.75) is 56.2 Å². The van der Waals surface area contributed by atoms with Crippen molar-refractivity contribution in [3.8, 4) is 0 Å². The molecule has 0 radical (unpaired) electrons. The molecule has 2 aliphatic heterocycles. The fourth-order valence-corrected chi connectivity index (χ4v) is 5.71. The number of amides is 2. The molecule has 1 aromatic heterocycles. The minimum Gasteiger partial charge on any atom is -0.477 e. The predicted octanol–water partition coefficient (Wildman–Crippen LogP) is 2.30. The van der Waals surface area contributed by atoms with Crippen LogP contribution in [0.5, 0.6) is 0 Å². The molecule has 2 amide bonds. The maximum atomic E-state index is 13.3. The molecule has 3 atom stereocenters.